The molecular formula is C15H29N3O. The number of carbonyl (C=O) groups excluding carboxylic acids is 1. The number of piperidine rings is 1. The molecular weight excluding hydrogens is 238 g/mol. The van der Waals surface area contributed by atoms with E-state index in [-0.39, 0.29) is 0 Å². The summed E-state index contributed by atoms with van der Waals surface area (Å²) in [4.78, 5) is 17.0. The molecule has 2 heterocycles. The van der Waals surface area contributed by atoms with E-state index in [4.69, 9.17) is 0 Å². The summed E-state index contributed by atoms with van der Waals surface area (Å²) in [5.74, 6) is 0.363. The fourth-order valence-electron chi connectivity index (χ4n) is 3.25. The summed E-state index contributed by atoms with van der Waals surface area (Å²) in [6, 6.07) is 0.430. The van der Waals surface area contributed by atoms with Crippen LogP contribution in [0.3, 0.4) is 0 Å². The molecule has 0 bridgehead atoms. The van der Waals surface area contributed by atoms with Crippen LogP contribution in [0.25, 0.3) is 0 Å². The molecule has 4 heteroatoms. The van der Waals surface area contributed by atoms with Gasteiger partial charge in [-0.25, -0.2) is 0 Å². The molecule has 0 spiro atoms. The van der Waals surface area contributed by atoms with Crippen molar-refractivity contribution < 1.29 is 4.79 Å². The highest BCUT2D eigenvalue weighted by atomic mass is 16.2. The van der Waals surface area contributed by atoms with Crippen molar-refractivity contribution in [1.82, 2.24) is 15.1 Å². The minimum Gasteiger partial charge on any atom is -0.338 e. The summed E-state index contributed by atoms with van der Waals surface area (Å²) in [5, 5.41) is 3.42. The lowest BCUT2D eigenvalue weighted by Crippen LogP contribution is -2.49. The van der Waals surface area contributed by atoms with Crippen molar-refractivity contribution in [3.63, 3.8) is 0 Å². The van der Waals surface area contributed by atoms with Gasteiger partial charge in [0.15, 0.2) is 0 Å². The first-order valence-electron chi connectivity index (χ1n) is 8.04. The first-order chi connectivity index (χ1) is 9.31. The molecule has 0 aromatic rings. The fraction of sp³-hybridized carbons (Fsp3) is 0.933. The lowest BCUT2D eigenvalue weighted by molar-refractivity contribution is -0.134. The standard InChI is InChI=1S/C15H29N3O/c1-2-9-18(14-6-5-8-16-13-14)15(19)7-12-17-10-3-4-11-17/h14,16H,2-13H2,1H3. The van der Waals surface area contributed by atoms with Crippen LogP contribution in [0.2, 0.25) is 0 Å². The monoisotopic (exact) mass is 267 g/mol. The predicted molar refractivity (Wildman–Crippen MR) is 78.2 cm³/mol. The molecule has 2 aliphatic heterocycles. The van der Waals surface area contributed by atoms with Gasteiger partial charge in [-0.05, 0) is 51.7 Å². The number of hydrogen-bond donors (Lipinski definition) is 1. The number of likely N-dealkylation sites (tertiary alicyclic amines) is 1. The molecule has 1 amide bonds. The van der Waals surface area contributed by atoms with Gasteiger partial charge in [-0.15, -0.1) is 0 Å². The van der Waals surface area contributed by atoms with Gasteiger partial charge in [0, 0.05) is 32.1 Å². The molecule has 0 aromatic carbocycles. The maximum atomic E-state index is 12.5. The summed E-state index contributed by atoms with van der Waals surface area (Å²) in [7, 11) is 0. The minimum absolute atomic E-state index is 0.363. The smallest absolute Gasteiger partial charge is 0.224 e. The van der Waals surface area contributed by atoms with Crippen LogP contribution in [0.4, 0.5) is 0 Å². The molecule has 0 saturated carbocycles. The molecule has 110 valence electrons. The zero-order chi connectivity index (χ0) is 13.5. The number of amides is 1. The SMILES string of the molecule is CCCN(C(=O)CCN1CCCC1)C1CCCNC1. The van der Waals surface area contributed by atoms with Gasteiger partial charge in [0.2, 0.25) is 5.91 Å². The third-order valence-electron chi connectivity index (χ3n) is 4.34. The van der Waals surface area contributed by atoms with E-state index in [0.29, 0.717) is 18.4 Å². The molecule has 1 N–H and O–H groups in total. The predicted octanol–water partition coefficient (Wildman–Crippen LogP) is 1.46. The summed E-state index contributed by atoms with van der Waals surface area (Å²) >= 11 is 0. The Kier molecular flexibility index (Phi) is 6.11. The van der Waals surface area contributed by atoms with Gasteiger partial charge < -0.3 is 15.1 Å². The van der Waals surface area contributed by atoms with Crippen molar-refractivity contribution in [2.75, 3.05) is 39.3 Å². The van der Waals surface area contributed by atoms with E-state index in [0.717, 1.165) is 32.6 Å². The Morgan fingerprint density at radius 1 is 1.32 bits per heavy atom. The average molecular weight is 267 g/mol. The Balaban J connectivity index is 1.80. The number of nitrogens with one attached hydrogen (secondary N) is 1. The van der Waals surface area contributed by atoms with E-state index in [1.807, 2.05) is 0 Å². The van der Waals surface area contributed by atoms with Crippen molar-refractivity contribution in [2.45, 2.75) is 51.5 Å². The fourth-order valence-corrected chi connectivity index (χ4v) is 3.25. The molecule has 2 fully saturated rings. The number of nitrogens with zero attached hydrogens (tertiary/aromatic N) is 2. The largest absolute Gasteiger partial charge is 0.338 e. The van der Waals surface area contributed by atoms with Crippen LogP contribution in [0.15, 0.2) is 0 Å². The van der Waals surface area contributed by atoms with Crippen LogP contribution in [0.5, 0.6) is 0 Å². The van der Waals surface area contributed by atoms with E-state index in [1.54, 1.807) is 0 Å². The van der Waals surface area contributed by atoms with Gasteiger partial charge in [-0.1, -0.05) is 6.92 Å². The molecule has 1 atom stereocenters. The van der Waals surface area contributed by atoms with E-state index >= 15 is 0 Å². The first kappa shape index (κ1) is 14.8. The first-order valence-corrected chi connectivity index (χ1v) is 8.04. The highest BCUT2D eigenvalue weighted by Gasteiger charge is 2.25. The maximum Gasteiger partial charge on any atom is 0.224 e. The summed E-state index contributed by atoms with van der Waals surface area (Å²) in [6.07, 6.45) is 6.74. The Labute approximate surface area is 117 Å². The third-order valence-corrected chi connectivity index (χ3v) is 4.34. The summed E-state index contributed by atoms with van der Waals surface area (Å²) in [6.45, 7) is 8.51. The zero-order valence-electron chi connectivity index (χ0n) is 12.4. The van der Waals surface area contributed by atoms with Crippen LogP contribution in [-0.2, 0) is 4.79 Å². The Bertz CT molecular complexity index is 271. The summed E-state index contributed by atoms with van der Waals surface area (Å²) < 4.78 is 0. The van der Waals surface area contributed by atoms with Crippen LogP contribution in [0, 0.1) is 0 Å². The van der Waals surface area contributed by atoms with E-state index in [1.165, 1.54) is 38.8 Å². The molecule has 2 rings (SSSR count). The van der Waals surface area contributed by atoms with Crippen LogP contribution in [-0.4, -0.2) is 61.0 Å². The quantitative estimate of drug-likeness (QED) is 0.791. The van der Waals surface area contributed by atoms with Gasteiger partial charge >= 0.3 is 0 Å². The van der Waals surface area contributed by atoms with Crippen molar-refractivity contribution in [2.24, 2.45) is 0 Å². The van der Waals surface area contributed by atoms with Crippen LogP contribution >= 0.6 is 0 Å². The molecule has 19 heavy (non-hydrogen) atoms. The molecule has 4 nitrogen and oxygen atoms in total. The Morgan fingerprint density at radius 3 is 2.74 bits per heavy atom. The van der Waals surface area contributed by atoms with Crippen LogP contribution in [0.1, 0.15) is 45.4 Å². The molecule has 2 aliphatic rings. The highest BCUT2D eigenvalue weighted by molar-refractivity contribution is 5.76. The highest BCUT2D eigenvalue weighted by Crippen LogP contribution is 2.14. The molecule has 0 radical (unpaired) electrons. The van der Waals surface area contributed by atoms with Gasteiger partial charge in [0.1, 0.15) is 0 Å². The third kappa shape index (κ3) is 4.46. The van der Waals surface area contributed by atoms with Gasteiger partial charge in [0.05, 0.1) is 0 Å². The second-order valence-corrected chi connectivity index (χ2v) is 5.89. The normalized spacial score (nSPS) is 24.6. The Morgan fingerprint density at radius 2 is 2.11 bits per heavy atom. The van der Waals surface area contributed by atoms with Gasteiger partial charge in [-0.3, -0.25) is 4.79 Å². The lowest BCUT2D eigenvalue weighted by atomic mass is 10.0. The average Bonchev–Trinajstić information content (AvgIpc) is 2.96. The van der Waals surface area contributed by atoms with E-state index < -0.39 is 0 Å². The number of rotatable bonds is 6. The minimum atomic E-state index is 0.363. The molecule has 0 aromatic heterocycles. The topological polar surface area (TPSA) is 35.6 Å². The summed E-state index contributed by atoms with van der Waals surface area (Å²) in [5.41, 5.74) is 0. The zero-order valence-corrected chi connectivity index (χ0v) is 12.4. The van der Waals surface area contributed by atoms with Crippen molar-refractivity contribution in [1.29, 1.82) is 0 Å². The lowest BCUT2D eigenvalue weighted by Gasteiger charge is -2.35. The number of hydrogen-bond acceptors (Lipinski definition) is 3. The Hall–Kier alpha value is -0.610. The van der Waals surface area contributed by atoms with Gasteiger partial charge in [0.25, 0.3) is 0 Å². The van der Waals surface area contributed by atoms with Crippen LogP contribution < -0.4 is 5.32 Å². The van der Waals surface area contributed by atoms with E-state index in [9.17, 15) is 4.79 Å². The second kappa shape index (κ2) is 7.85. The van der Waals surface area contributed by atoms with Crippen molar-refractivity contribution in [3.05, 3.63) is 0 Å². The van der Waals surface area contributed by atoms with Crippen molar-refractivity contribution in [3.8, 4) is 0 Å². The molecule has 2 saturated heterocycles. The van der Waals surface area contributed by atoms with Crippen molar-refractivity contribution >= 4 is 5.91 Å². The molecule has 1 unspecified atom stereocenters. The van der Waals surface area contributed by atoms with E-state index in [2.05, 4.69) is 22.0 Å². The van der Waals surface area contributed by atoms with Gasteiger partial charge in [-0.2, -0.15) is 0 Å². The second-order valence-electron chi connectivity index (χ2n) is 5.89. The molecule has 0 aliphatic carbocycles. The number of carbonyl (C=O) groups is 1. The maximum absolute atomic E-state index is 12.5.